The summed E-state index contributed by atoms with van der Waals surface area (Å²) in [6.45, 7) is 0.0575. The molecule has 2 atom stereocenters. The predicted molar refractivity (Wildman–Crippen MR) is 73.4 cm³/mol. The van der Waals surface area contributed by atoms with Crippen LogP contribution in [0.5, 0.6) is 5.75 Å². The van der Waals surface area contributed by atoms with Crippen molar-refractivity contribution >= 4 is 11.7 Å². The van der Waals surface area contributed by atoms with Crippen LogP contribution >= 0.6 is 0 Å². The molecule has 2 heterocycles. The van der Waals surface area contributed by atoms with Gasteiger partial charge in [-0.2, -0.15) is 13.2 Å². The lowest BCUT2D eigenvalue weighted by atomic mass is 10.00. The van der Waals surface area contributed by atoms with E-state index in [1.165, 1.54) is 4.90 Å². The second-order valence-electron chi connectivity index (χ2n) is 5.50. The van der Waals surface area contributed by atoms with E-state index in [0.29, 0.717) is 36.4 Å². The molecule has 1 fully saturated rings. The van der Waals surface area contributed by atoms with Gasteiger partial charge in [0.15, 0.2) is 0 Å². The highest BCUT2D eigenvalue weighted by molar-refractivity contribution is 5.78. The van der Waals surface area contributed by atoms with E-state index in [1.807, 2.05) is 5.32 Å². The lowest BCUT2D eigenvalue weighted by molar-refractivity contribution is -0.150. The van der Waals surface area contributed by atoms with Gasteiger partial charge in [0, 0.05) is 17.3 Å². The molecule has 22 heavy (non-hydrogen) atoms. The zero-order chi connectivity index (χ0) is 15.9. The van der Waals surface area contributed by atoms with Gasteiger partial charge in [0.1, 0.15) is 11.8 Å². The molecular formula is C14H16F3N3O2. The van der Waals surface area contributed by atoms with Gasteiger partial charge < -0.3 is 20.7 Å². The maximum atomic E-state index is 12.8. The van der Waals surface area contributed by atoms with Gasteiger partial charge in [-0.15, -0.1) is 0 Å². The molecular weight excluding hydrogens is 299 g/mol. The maximum absolute atomic E-state index is 12.8. The van der Waals surface area contributed by atoms with E-state index in [9.17, 15) is 18.0 Å². The number of hydrogen-bond donors (Lipinski definition) is 2. The molecule has 0 saturated carbocycles. The van der Waals surface area contributed by atoms with Crippen LogP contribution in [0.2, 0.25) is 0 Å². The van der Waals surface area contributed by atoms with Gasteiger partial charge in [0.05, 0.1) is 19.2 Å². The van der Waals surface area contributed by atoms with Crippen molar-refractivity contribution in [3.63, 3.8) is 0 Å². The highest BCUT2D eigenvalue weighted by Crippen LogP contribution is 2.39. The zero-order valence-corrected chi connectivity index (χ0v) is 11.7. The second kappa shape index (κ2) is 5.26. The summed E-state index contributed by atoms with van der Waals surface area (Å²) in [5.74, 6) is 0.533. The third-order valence-corrected chi connectivity index (χ3v) is 3.99. The first-order valence-electron chi connectivity index (χ1n) is 7.02. The van der Waals surface area contributed by atoms with Gasteiger partial charge >= 0.3 is 12.2 Å². The molecule has 120 valence electrons. The SMILES string of the molecule is Nc1ccc2c(c1)OCCC[C@@H]2N1C[C@@H](C(F)(F)F)NC1=O. The molecule has 2 aliphatic rings. The Kier molecular flexibility index (Phi) is 3.54. The van der Waals surface area contributed by atoms with Crippen molar-refractivity contribution in [2.45, 2.75) is 31.1 Å². The van der Waals surface area contributed by atoms with E-state index in [1.54, 1.807) is 18.2 Å². The summed E-state index contributed by atoms with van der Waals surface area (Å²) in [4.78, 5) is 13.2. The molecule has 2 aliphatic heterocycles. The van der Waals surface area contributed by atoms with Gasteiger partial charge in [-0.3, -0.25) is 0 Å². The normalized spacial score (nSPS) is 25.2. The molecule has 0 aliphatic carbocycles. The number of nitrogens with two attached hydrogens (primary N) is 1. The summed E-state index contributed by atoms with van der Waals surface area (Å²) >= 11 is 0. The van der Waals surface area contributed by atoms with Gasteiger partial charge in [-0.1, -0.05) is 6.07 Å². The fourth-order valence-electron chi connectivity index (χ4n) is 2.90. The molecule has 0 unspecified atom stereocenters. The minimum absolute atomic E-state index is 0.392. The Morgan fingerprint density at radius 1 is 1.36 bits per heavy atom. The minimum Gasteiger partial charge on any atom is -0.493 e. The van der Waals surface area contributed by atoms with E-state index < -0.39 is 30.8 Å². The van der Waals surface area contributed by atoms with E-state index in [4.69, 9.17) is 10.5 Å². The van der Waals surface area contributed by atoms with Crippen molar-refractivity contribution in [2.24, 2.45) is 0 Å². The zero-order valence-electron chi connectivity index (χ0n) is 11.7. The highest BCUT2D eigenvalue weighted by Gasteiger charge is 2.48. The summed E-state index contributed by atoms with van der Waals surface area (Å²) in [6, 6.07) is 2.05. The Labute approximate surface area is 125 Å². The lowest BCUT2D eigenvalue weighted by Gasteiger charge is -2.27. The molecule has 0 aromatic heterocycles. The number of benzene rings is 1. The monoisotopic (exact) mass is 315 g/mol. The number of urea groups is 1. The van der Waals surface area contributed by atoms with Crippen molar-refractivity contribution < 1.29 is 22.7 Å². The number of hydrogen-bond acceptors (Lipinski definition) is 3. The smallest absolute Gasteiger partial charge is 0.410 e. The molecule has 0 spiro atoms. The number of rotatable bonds is 1. The van der Waals surface area contributed by atoms with Crippen LogP contribution in [0.3, 0.4) is 0 Å². The Bertz CT molecular complexity index is 591. The Hall–Kier alpha value is -2.12. The van der Waals surface area contributed by atoms with E-state index in [-0.39, 0.29) is 0 Å². The fraction of sp³-hybridized carbons (Fsp3) is 0.500. The van der Waals surface area contributed by atoms with Crippen molar-refractivity contribution in [3.05, 3.63) is 23.8 Å². The number of alkyl halides is 3. The van der Waals surface area contributed by atoms with Gasteiger partial charge in [-0.25, -0.2) is 4.79 Å². The maximum Gasteiger partial charge on any atom is 0.410 e. The van der Waals surface area contributed by atoms with Gasteiger partial charge in [0.2, 0.25) is 0 Å². The van der Waals surface area contributed by atoms with Crippen molar-refractivity contribution in [3.8, 4) is 5.75 Å². The number of carbonyl (C=O) groups excluding carboxylic acids is 1. The van der Waals surface area contributed by atoms with Crippen LogP contribution < -0.4 is 15.8 Å². The number of carbonyl (C=O) groups is 1. The Morgan fingerprint density at radius 2 is 2.14 bits per heavy atom. The summed E-state index contributed by atoms with van der Waals surface area (Å²) in [7, 11) is 0. The number of nitrogens with one attached hydrogen (secondary N) is 1. The fourth-order valence-corrected chi connectivity index (χ4v) is 2.90. The van der Waals surface area contributed by atoms with Crippen LogP contribution in [0.1, 0.15) is 24.4 Å². The van der Waals surface area contributed by atoms with Gasteiger partial charge in [0.25, 0.3) is 0 Å². The molecule has 3 rings (SSSR count). The topological polar surface area (TPSA) is 67.6 Å². The van der Waals surface area contributed by atoms with Crippen LogP contribution in [0.4, 0.5) is 23.7 Å². The number of nitrogens with zero attached hydrogens (tertiary/aromatic N) is 1. The summed E-state index contributed by atoms with van der Waals surface area (Å²) < 4.78 is 44.1. The van der Waals surface area contributed by atoms with E-state index in [2.05, 4.69) is 0 Å². The first kappa shape index (κ1) is 14.8. The summed E-state index contributed by atoms with van der Waals surface area (Å²) in [6.07, 6.45) is -3.25. The van der Waals surface area contributed by atoms with Crippen molar-refractivity contribution in [1.82, 2.24) is 10.2 Å². The van der Waals surface area contributed by atoms with Crippen LogP contribution in [-0.4, -0.2) is 36.3 Å². The van der Waals surface area contributed by atoms with Crippen LogP contribution in [0.25, 0.3) is 0 Å². The number of ether oxygens (including phenoxy) is 1. The second-order valence-corrected chi connectivity index (χ2v) is 5.50. The van der Waals surface area contributed by atoms with E-state index in [0.717, 1.165) is 0 Å². The molecule has 8 heteroatoms. The third-order valence-electron chi connectivity index (χ3n) is 3.99. The van der Waals surface area contributed by atoms with Crippen molar-refractivity contribution in [2.75, 3.05) is 18.9 Å². The van der Waals surface area contributed by atoms with E-state index >= 15 is 0 Å². The van der Waals surface area contributed by atoms with Crippen LogP contribution in [-0.2, 0) is 0 Å². The molecule has 1 aromatic rings. The first-order valence-corrected chi connectivity index (χ1v) is 7.02. The number of amides is 2. The van der Waals surface area contributed by atoms with Crippen LogP contribution in [0.15, 0.2) is 18.2 Å². The molecule has 3 N–H and O–H groups in total. The third kappa shape index (κ3) is 2.65. The quantitative estimate of drug-likeness (QED) is 0.782. The number of halogens is 3. The van der Waals surface area contributed by atoms with Crippen molar-refractivity contribution in [1.29, 1.82) is 0 Å². The van der Waals surface area contributed by atoms with Gasteiger partial charge in [-0.05, 0) is 18.9 Å². The molecule has 1 saturated heterocycles. The first-order chi connectivity index (χ1) is 10.4. The predicted octanol–water partition coefficient (Wildman–Crippen LogP) is 2.44. The molecule has 0 bridgehead atoms. The number of nitrogen functional groups attached to an aromatic ring is 1. The minimum atomic E-state index is -4.45. The average Bonchev–Trinajstić information content (AvgIpc) is 2.71. The van der Waals surface area contributed by atoms with Crippen LogP contribution in [0, 0.1) is 0 Å². The average molecular weight is 315 g/mol. The molecule has 1 aromatic carbocycles. The Balaban J connectivity index is 1.90. The highest BCUT2D eigenvalue weighted by atomic mass is 19.4. The molecule has 0 radical (unpaired) electrons. The Morgan fingerprint density at radius 3 is 2.82 bits per heavy atom. The molecule has 5 nitrogen and oxygen atoms in total. The number of anilines is 1. The molecule has 2 amide bonds. The largest absolute Gasteiger partial charge is 0.493 e. The summed E-state index contributed by atoms with van der Waals surface area (Å²) in [5, 5.41) is 2.00. The summed E-state index contributed by atoms with van der Waals surface area (Å²) in [5.41, 5.74) is 6.93. The standard InChI is InChI=1S/C14H16F3N3O2/c15-14(16,17)12-7-20(13(21)19-12)10-2-1-5-22-11-6-8(18)3-4-9(10)11/h3-4,6,10,12H,1-2,5,7,18H2,(H,19,21)/t10-,12-/m0/s1. The number of fused-ring (bicyclic) bond motifs is 1. The lowest BCUT2D eigenvalue weighted by Crippen LogP contribution is -2.40.